The highest BCUT2D eigenvalue weighted by Gasteiger charge is 2.59. The number of imide groups is 1. The molecule has 0 N–H and O–H groups in total. The molecule has 2 saturated heterocycles. The van der Waals surface area contributed by atoms with Gasteiger partial charge in [0.25, 0.3) is 17.7 Å². The number of rotatable bonds is 5. The van der Waals surface area contributed by atoms with Crippen molar-refractivity contribution in [3.05, 3.63) is 40.4 Å². The van der Waals surface area contributed by atoms with E-state index in [9.17, 15) is 14.4 Å². The number of hydrogen-bond acceptors (Lipinski definition) is 6. The number of morpholine rings is 1. The summed E-state index contributed by atoms with van der Waals surface area (Å²) in [5.41, 5.74) is 0.572. The Bertz CT molecular complexity index is 957. The first-order chi connectivity index (χ1) is 15.0. The number of carbonyl (C=O) groups is 3. The molecule has 1 aromatic rings. The van der Waals surface area contributed by atoms with Gasteiger partial charge in [0, 0.05) is 23.1 Å². The van der Waals surface area contributed by atoms with E-state index in [2.05, 4.69) is 33.2 Å². The van der Waals surface area contributed by atoms with Crippen LogP contribution in [0.2, 0.25) is 0 Å². The fourth-order valence-corrected chi connectivity index (χ4v) is 5.29. The predicted molar refractivity (Wildman–Crippen MR) is 114 cm³/mol. The molecule has 31 heavy (non-hydrogen) atoms. The largest absolute Gasteiger partial charge is 0.483 e. The summed E-state index contributed by atoms with van der Waals surface area (Å²) in [5, 5.41) is 5.23. The van der Waals surface area contributed by atoms with Crippen molar-refractivity contribution in [2.75, 3.05) is 32.9 Å². The lowest BCUT2D eigenvalue weighted by Gasteiger charge is -2.26. The Hall–Kier alpha value is -2.52. The molecule has 9 heteroatoms. The zero-order valence-electron chi connectivity index (χ0n) is 16.8. The van der Waals surface area contributed by atoms with Gasteiger partial charge in [-0.1, -0.05) is 28.1 Å². The fraction of sp³-hybridized carbons (Fsp3) is 0.455. The average Bonchev–Trinajstić information content (AvgIpc) is 3.46. The summed E-state index contributed by atoms with van der Waals surface area (Å²) < 4.78 is 11.8. The molecule has 3 amide bonds. The first kappa shape index (κ1) is 20.4. The molecule has 2 aliphatic heterocycles. The van der Waals surface area contributed by atoms with Gasteiger partial charge in [-0.05, 0) is 36.5 Å². The number of halogens is 1. The van der Waals surface area contributed by atoms with Crippen LogP contribution in [0, 0.1) is 23.7 Å². The van der Waals surface area contributed by atoms with Crippen molar-refractivity contribution in [3.8, 4) is 5.75 Å². The maximum absolute atomic E-state index is 12.8. The number of benzene rings is 1. The topological polar surface area (TPSA) is 88.5 Å². The minimum Gasteiger partial charge on any atom is -0.483 e. The Morgan fingerprint density at radius 3 is 2.52 bits per heavy atom. The summed E-state index contributed by atoms with van der Waals surface area (Å²) in [5.74, 6) is -0.422. The molecule has 1 saturated carbocycles. The molecule has 2 bridgehead atoms. The van der Waals surface area contributed by atoms with Crippen molar-refractivity contribution in [2.45, 2.75) is 6.42 Å². The zero-order valence-corrected chi connectivity index (χ0v) is 18.4. The number of ether oxygens (including phenoxy) is 2. The summed E-state index contributed by atoms with van der Waals surface area (Å²) in [6.45, 7) is 2.05. The second kappa shape index (κ2) is 8.20. The van der Waals surface area contributed by atoms with Crippen LogP contribution in [-0.4, -0.2) is 66.8 Å². The third-order valence-electron chi connectivity index (χ3n) is 6.45. The predicted octanol–water partition coefficient (Wildman–Crippen LogP) is 1.83. The molecule has 8 nitrogen and oxygen atoms in total. The monoisotopic (exact) mass is 487 g/mol. The van der Waals surface area contributed by atoms with Crippen LogP contribution in [0.3, 0.4) is 0 Å². The number of allylic oxidation sites excluding steroid dienone is 2. The van der Waals surface area contributed by atoms with Crippen LogP contribution in [0.1, 0.15) is 12.0 Å². The van der Waals surface area contributed by atoms with Crippen molar-refractivity contribution >= 4 is 39.9 Å². The molecule has 3 fully saturated rings. The van der Waals surface area contributed by atoms with E-state index in [1.165, 1.54) is 6.21 Å². The van der Waals surface area contributed by atoms with Gasteiger partial charge in [-0.15, -0.1) is 0 Å². The van der Waals surface area contributed by atoms with Crippen LogP contribution in [0.25, 0.3) is 0 Å². The van der Waals surface area contributed by atoms with Gasteiger partial charge in [-0.2, -0.15) is 10.1 Å². The Balaban J connectivity index is 1.30. The molecule has 0 radical (unpaired) electrons. The fourth-order valence-electron chi connectivity index (χ4n) is 4.92. The smallest absolute Gasteiger partial charge is 0.260 e. The molecular formula is C22H22BrN3O5. The molecule has 4 atom stereocenters. The highest BCUT2D eigenvalue weighted by atomic mass is 79.9. The lowest BCUT2D eigenvalue weighted by molar-refractivity contribution is -0.140. The lowest BCUT2D eigenvalue weighted by Crippen LogP contribution is -2.43. The Morgan fingerprint density at radius 1 is 1.16 bits per heavy atom. The maximum atomic E-state index is 12.8. The highest BCUT2D eigenvalue weighted by Crippen LogP contribution is 2.52. The van der Waals surface area contributed by atoms with E-state index < -0.39 is 0 Å². The summed E-state index contributed by atoms with van der Waals surface area (Å²) in [6.07, 6.45) is 6.43. The summed E-state index contributed by atoms with van der Waals surface area (Å²) in [6, 6.07) is 5.30. The molecule has 4 unspecified atom stereocenters. The van der Waals surface area contributed by atoms with Gasteiger partial charge in [0.15, 0.2) is 6.61 Å². The van der Waals surface area contributed by atoms with E-state index in [0.717, 1.165) is 15.9 Å². The lowest BCUT2D eigenvalue weighted by atomic mass is 9.85. The van der Waals surface area contributed by atoms with Gasteiger partial charge >= 0.3 is 0 Å². The number of carbonyl (C=O) groups excluding carboxylic acids is 3. The van der Waals surface area contributed by atoms with Crippen molar-refractivity contribution < 1.29 is 23.9 Å². The number of fused-ring (bicyclic) bond motifs is 5. The van der Waals surface area contributed by atoms with Crippen LogP contribution in [0.15, 0.2) is 39.9 Å². The minimum absolute atomic E-state index is 0.108. The van der Waals surface area contributed by atoms with E-state index in [0.29, 0.717) is 37.6 Å². The minimum atomic E-state index is -0.288. The van der Waals surface area contributed by atoms with Gasteiger partial charge in [0.1, 0.15) is 5.75 Å². The van der Waals surface area contributed by atoms with Gasteiger partial charge in [-0.3, -0.25) is 14.4 Å². The summed E-state index contributed by atoms with van der Waals surface area (Å²) >= 11 is 3.42. The second-order valence-corrected chi connectivity index (χ2v) is 9.11. The van der Waals surface area contributed by atoms with Crippen molar-refractivity contribution in [1.82, 2.24) is 9.91 Å². The molecule has 1 aromatic carbocycles. The number of amides is 3. The van der Waals surface area contributed by atoms with E-state index in [4.69, 9.17) is 9.47 Å². The second-order valence-electron chi connectivity index (χ2n) is 8.20. The SMILES string of the molecule is O=C(COc1ccc(Br)cc1C=NN1C(=O)C2C3C=CC(C3)C2C1=O)N1CCOCC1. The Morgan fingerprint density at radius 2 is 1.84 bits per heavy atom. The van der Waals surface area contributed by atoms with Crippen molar-refractivity contribution in [3.63, 3.8) is 0 Å². The standard InChI is InChI=1S/C22H22BrN3O5/c23-16-3-4-17(31-12-18(27)25-5-7-30-8-6-25)15(10-16)11-24-26-21(28)19-13-1-2-14(9-13)20(19)22(26)29/h1-4,10-11,13-14,19-20H,5-9,12H2. The van der Waals surface area contributed by atoms with E-state index in [1.54, 1.807) is 23.1 Å². The molecule has 2 aliphatic carbocycles. The molecule has 5 rings (SSSR count). The van der Waals surface area contributed by atoms with Gasteiger partial charge in [-0.25, -0.2) is 0 Å². The van der Waals surface area contributed by atoms with Gasteiger partial charge < -0.3 is 14.4 Å². The number of hydrazone groups is 1. The molecule has 0 aromatic heterocycles. The normalized spacial score (nSPS) is 29.3. The van der Waals surface area contributed by atoms with Gasteiger partial charge in [0.2, 0.25) is 0 Å². The first-order valence-corrected chi connectivity index (χ1v) is 11.2. The summed E-state index contributed by atoms with van der Waals surface area (Å²) in [7, 11) is 0. The first-order valence-electron chi connectivity index (χ1n) is 10.4. The Labute approximate surface area is 188 Å². The van der Waals surface area contributed by atoms with Crippen molar-refractivity contribution in [1.29, 1.82) is 0 Å². The van der Waals surface area contributed by atoms with Crippen LogP contribution >= 0.6 is 15.9 Å². The van der Waals surface area contributed by atoms with Crippen LogP contribution in [-0.2, 0) is 19.1 Å². The van der Waals surface area contributed by atoms with E-state index >= 15 is 0 Å². The third kappa shape index (κ3) is 3.70. The molecule has 4 aliphatic rings. The average molecular weight is 488 g/mol. The molecule has 162 valence electrons. The van der Waals surface area contributed by atoms with E-state index in [1.807, 2.05) is 0 Å². The van der Waals surface area contributed by atoms with E-state index in [-0.39, 0.29) is 48.0 Å². The Kier molecular flexibility index (Phi) is 5.39. The summed E-state index contributed by atoms with van der Waals surface area (Å²) in [4.78, 5) is 39.7. The third-order valence-corrected chi connectivity index (χ3v) is 6.94. The maximum Gasteiger partial charge on any atom is 0.260 e. The number of hydrogen-bond donors (Lipinski definition) is 0. The zero-order chi connectivity index (χ0) is 21.5. The van der Waals surface area contributed by atoms with Crippen LogP contribution in [0.5, 0.6) is 5.75 Å². The molecule has 0 spiro atoms. The van der Waals surface area contributed by atoms with Crippen LogP contribution < -0.4 is 4.74 Å². The molecular weight excluding hydrogens is 466 g/mol. The molecule has 2 heterocycles. The quantitative estimate of drug-likeness (QED) is 0.359. The van der Waals surface area contributed by atoms with Gasteiger partial charge in [0.05, 0.1) is 31.3 Å². The van der Waals surface area contributed by atoms with Crippen molar-refractivity contribution in [2.24, 2.45) is 28.8 Å². The highest BCUT2D eigenvalue weighted by molar-refractivity contribution is 9.10. The van der Waals surface area contributed by atoms with Crippen LogP contribution in [0.4, 0.5) is 0 Å². The number of nitrogens with zero attached hydrogens (tertiary/aromatic N) is 3.